The van der Waals surface area contributed by atoms with E-state index in [1.807, 2.05) is 6.92 Å². The van der Waals surface area contributed by atoms with Crippen molar-refractivity contribution in [2.45, 2.75) is 33.1 Å². The van der Waals surface area contributed by atoms with E-state index < -0.39 is 11.9 Å². The Morgan fingerprint density at radius 2 is 2.00 bits per heavy atom. The molecule has 0 spiro atoms. The van der Waals surface area contributed by atoms with Crippen LogP contribution in [0.15, 0.2) is 12.2 Å². The summed E-state index contributed by atoms with van der Waals surface area (Å²) in [6, 6.07) is 0. The lowest BCUT2D eigenvalue weighted by molar-refractivity contribution is -0.155. The molecule has 0 saturated carbocycles. The summed E-state index contributed by atoms with van der Waals surface area (Å²) in [7, 11) is 0. The number of carbonyl (C=O) groups is 2. The Bertz CT molecular complexity index is 182. The molecule has 0 bridgehead atoms. The number of rotatable bonds is 4. The van der Waals surface area contributed by atoms with Gasteiger partial charge in [0.25, 0.3) is 0 Å². The lowest BCUT2D eigenvalue weighted by Gasteiger charge is -1.94. The van der Waals surface area contributed by atoms with Crippen LogP contribution < -0.4 is 0 Å². The van der Waals surface area contributed by atoms with Gasteiger partial charge >= 0.3 is 11.9 Å². The number of carbonyl (C=O) groups excluding carboxylic acids is 2. The van der Waals surface area contributed by atoms with Crippen molar-refractivity contribution in [3.63, 3.8) is 0 Å². The average molecular weight is 170 g/mol. The van der Waals surface area contributed by atoms with Gasteiger partial charge < -0.3 is 4.74 Å². The Kier molecular flexibility index (Phi) is 5.97. The summed E-state index contributed by atoms with van der Waals surface area (Å²) in [6.45, 7) is 3.65. The van der Waals surface area contributed by atoms with Gasteiger partial charge in [0, 0.05) is 12.5 Å². The van der Waals surface area contributed by atoms with E-state index in [1.54, 1.807) is 13.0 Å². The molecule has 0 atom stereocenters. The maximum atomic E-state index is 10.8. The number of unbranched alkanes of at least 4 members (excludes halogenated alkanes) is 1. The third-order valence-electron chi connectivity index (χ3n) is 1.21. The Morgan fingerprint density at radius 1 is 1.33 bits per heavy atom. The molecule has 0 aromatic carbocycles. The standard InChI is InChI=1S/C9H14O3/c1-3-5-6-7-9(11)12-8(10)4-2/h6-7H,3-5H2,1-2H3/b7-6-. The number of ether oxygens (including phenoxy) is 1. The van der Waals surface area contributed by atoms with Gasteiger partial charge in [-0.2, -0.15) is 0 Å². The highest BCUT2D eigenvalue weighted by molar-refractivity contribution is 5.91. The molecule has 0 aromatic rings. The molecule has 0 N–H and O–H groups in total. The number of allylic oxidation sites excluding steroid dienone is 1. The van der Waals surface area contributed by atoms with Gasteiger partial charge in [-0.15, -0.1) is 0 Å². The summed E-state index contributed by atoms with van der Waals surface area (Å²) >= 11 is 0. The number of hydrogen-bond acceptors (Lipinski definition) is 3. The average Bonchev–Trinajstić information content (AvgIpc) is 2.05. The van der Waals surface area contributed by atoms with Crippen molar-refractivity contribution in [3.8, 4) is 0 Å². The molecule has 0 aliphatic heterocycles. The van der Waals surface area contributed by atoms with E-state index >= 15 is 0 Å². The maximum absolute atomic E-state index is 10.8. The topological polar surface area (TPSA) is 43.4 Å². The maximum Gasteiger partial charge on any atom is 0.338 e. The van der Waals surface area contributed by atoms with Crippen LogP contribution in [-0.4, -0.2) is 11.9 Å². The first-order chi connectivity index (χ1) is 5.70. The van der Waals surface area contributed by atoms with Crippen molar-refractivity contribution in [2.24, 2.45) is 0 Å². The fourth-order valence-corrected chi connectivity index (χ4v) is 0.565. The molecule has 68 valence electrons. The van der Waals surface area contributed by atoms with Crippen molar-refractivity contribution < 1.29 is 14.3 Å². The zero-order valence-corrected chi connectivity index (χ0v) is 7.50. The Labute approximate surface area is 72.4 Å². The van der Waals surface area contributed by atoms with Gasteiger partial charge in [0.05, 0.1) is 0 Å². The highest BCUT2D eigenvalue weighted by Crippen LogP contribution is 1.91. The molecule has 0 rings (SSSR count). The van der Waals surface area contributed by atoms with E-state index in [-0.39, 0.29) is 6.42 Å². The van der Waals surface area contributed by atoms with E-state index in [0.717, 1.165) is 12.8 Å². The van der Waals surface area contributed by atoms with Crippen molar-refractivity contribution in [2.75, 3.05) is 0 Å². The second-order valence-corrected chi connectivity index (χ2v) is 2.34. The van der Waals surface area contributed by atoms with Crippen LogP contribution in [0.1, 0.15) is 33.1 Å². The molecule has 0 heterocycles. The third-order valence-corrected chi connectivity index (χ3v) is 1.21. The SMILES string of the molecule is CCC/C=C\C(=O)OC(=O)CC. The minimum absolute atomic E-state index is 0.230. The molecule has 0 amide bonds. The van der Waals surface area contributed by atoms with Crippen LogP contribution >= 0.6 is 0 Å². The minimum atomic E-state index is -0.574. The summed E-state index contributed by atoms with van der Waals surface area (Å²) in [4.78, 5) is 21.3. The second kappa shape index (κ2) is 6.58. The Morgan fingerprint density at radius 3 is 2.50 bits per heavy atom. The molecule has 3 nitrogen and oxygen atoms in total. The zero-order valence-electron chi connectivity index (χ0n) is 7.50. The Balaban J connectivity index is 3.66. The quantitative estimate of drug-likeness (QED) is 0.367. The number of esters is 2. The van der Waals surface area contributed by atoms with Crippen molar-refractivity contribution in [1.82, 2.24) is 0 Å². The summed E-state index contributed by atoms with van der Waals surface area (Å²) in [5.74, 6) is -1.06. The molecule has 0 saturated heterocycles. The summed E-state index contributed by atoms with van der Waals surface area (Å²) in [6.07, 6.45) is 5.02. The molecule has 0 unspecified atom stereocenters. The van der Waals surface area contributed by atoms with Crippen molar-refractivity contribution >= 4 is 11.9 Å². The molecule has 0 aliphatic rings. The van der Waals surface area contributed by atoms with E-state index in [0.29, 0.717) is 0 Å². The van der Waals surface area contributed by atoms with Crippen LogP contribution in [0.4, 0.5) is 0 Å². The number of hydrogen-bond donors (Lipinski definition) is 0. The van der Waals surface area contributed by atoms with Crippen LogP contribution in [0.3, 0.4) is 0 Å². The van der Waals surface area contributed by atoms with Crippen molar-refractivity contribution in [3.05, 3.63) is 12.2 Å². The largest absolute Gasteiger partial charge is 0.390 e. The van der Waals surface area contributed by atoms with Crippen LogP contribution in [0.25, 0.3) is 0 Å². The van der Waals surface area contributed by atoms with Crippen LogP contribution in [-0.2, 0) is 14.3 Å². The minimum Gasteiger partial charge on any atom is -0.390 e. The first-order valence-electron chi connectivity index (χ1n) is 4.11. The van der Waals surface area contributed by atoms with Gasteiger partial charge in [-0.1, -0.05) is 26.3 Å². The summed E-state index contributed by atoms with van der Waals surface area (Å²) < 4.78 is 4.38. The summed E-state index contributed by atoms with van der Waals surface area (Å²) in [5.41, 5.74) is 0. The molecule has 0 aromatic heterocycles. The smallest absolute Gasteiger partial charge is 0.338 e. The van der Waals surface area contributed by atoms with Crippen LogP contribution in [0.5, 0.6) is 0 Å². The normalized spacial score (nSPS) is 10.2. The van der Waals surface area contributed by atoms with Crippen LogP contribution in [0, 0.1) is 0 Å². The van der Waals surface area contributed by atoms with Gasteiger partial charge in [-0.3, -0.25) is 4.79 Å². The predicted molar refractivity (Wildman–Crippen MR) is 45.4 cm³/mol. The van der Waals surface area contributed by atoms with Gasteiger partial charge in [0.1, 0.15) is 0 Å². The molecule has 0 radical (unpaired) electrons. The first-order valence-corrected chi connectivity index (χ1v) is 4.11. The van der Waals surface area contributed by atoms with Gasteiger partial charge in [0.15, 0.2) is 0 Å². The lowest BCUT2D eigenvalue weighted by Crippen LogP contribution is -2.08. The van der Waals surface area contributed by atoms with E-state index in [1.165, 1.54) is 6.08 Å². The molecule has 3 heteroatoms. The second-order valence-electron chi connectivity index (χ2n) is 2.34. The molecular weight excluding hydrogens is 156 g/mol. The van der Waals surface area contributed by atoms with E-state index in [4.69, 9.17) is 0 Å². The van der Waals surface area contributed by atoms with Gasteiger partial charge in [-0.25, -0.2) is 4.79 Å². The highest BCUT2D eigenvalue weighted by Gasteiger charge is 2.02. The predicted octanol–water partition coefficient (Wildman–Crippen LogP) is 1.82. The fraction of sp³-hybridized carbons (Fsp3) is 0.556. The van der Waals surface area contributed by atoms with Crippen molar-refractivity contribution in [1.29, 1.82) is 0 Å². The molecular formula is C9H14O3. The van der Waals surface area contributed by atoms with E-state index in [9.17, 15) is 9.59 Å². The van der Waals surface area contributed by atoms with Crippen LogP contribution in [0.2, 0.25) is 0 Å². The van der Waals surface area contributed by atoms with Gasteiger partial charge in [0.2, 0.25) is 0 Å². The first kappa shape index (κ1) is 10.9. The van der Waals surface area contributed by atoms with Gasteiger partial charge in [-0.05, 0) is 6.42 Å². The molecule has 0 fully saturated rings. The fourth-order valence-electron chi connectivity index (χ4n) is 0.565. The zero-order chi connectivity index (χ0) is 9.40. The van der Waals surface area contributed by atoms with E-state index in [2.05, 4.69) is 4.74 Å². The highest BCUT2D eigenvalue weighted by atomic mass is 16.6. The lowest BCUT2D eigenvalue weighted by atomic mass is 10.3. The summed E-state index contributed by atoms with van der Waals surface area (Å²) in [5, 5.41) is 0. The Hall–Kier alpha value is -1.12. The monoisotopic (exact) mass is 170 g/mol. The molecule has 0 aliphatic carbocycles. The molecule has 12 heavy (non-hydrogen) atoms. The third kappa shape index (κ3) is 5.65.